The Hall–Kier alpha value is -6.53. The van der Waals surface area contributed by atoms with Crippen LogP contribution in [0.25, 0.3) is 77.3 Å². The van der Waals surface area contributed by atoms with Gasteiger partial charge in [0.25, 0.3) is 0 Å². The van der Waals surface area contributed by atoms with Gasteiger partial charge in [0.2, 0.25) is 0 Å². The summed E-state index contributed by atoms with van der Waals surface area (Å²) >= 11 is 0. The Morgan fingerprint density at radius 2 is 1.17 bits per heavy atom. The zero-order valence-electron chi connectivity index (χ0n) is 26.0. The molecule has 6 nitrogen and oxygen atoms in total. The van der Waals surface area contributed by atoms with Crippen molar-refractivity contribution in [3.05, 3.63) is 152 Å². The van der Waals surface area contributed by atoms with E-state index in [1.165, 1.54) is 5.39 Å². The summed E-state index contributed by atoms with van der Waals surface area (Å²) in [4.78, 5) is 15.1. The molecule has 5 heterocycles. The molecule has 6 heteroatoms. The van der Waals surface area contributed by atoms with Gasteiger partial charge in [-0.25, -0.2) is 15.0 Å². The van der Waals surface area contributed by atoms with E-state index in [4.69, 9.17) is 19.7 Å². The van der Waals surface area contributed by atoms with Gasteiger partial charge in [0.05, 0.1) is 22.6 Å². The number of fused-ring (bicyclic) bond motifs is 12. The molecule has 226 valence electrons. The molecule has 5 aromatic heterocycles. The fourth-order valence-corrected chi connectivity index (χ4v) is 7.18. The summed E-state index contributed by atoms with van der Waals surface area (Å²) in [5.74, 6) is 1.48. The Labute approximate surface area is 275 Å². The van der Waals surface area contributed by atoms with Gasteiger partial charge in [0, 0.05) is 45.1 Å². The molecule has 0 N–H and O–H groups in total. The molecule has 0 radical (unpaired) electrons. The lowest BCUT2D eigenvalue weighted by molar-refractivity contribution is 0.484. The standard InChI is InChI=1S/C42H27N5O/c1-26-25-46-37-17-9-8-15-33(37)31-20-18-29(23-35(31)41(46)44-26)48-30-19-21-32-34-16-10-22-43-40(34)47-39(28-13-6-3-7-14-28)38(27-11-4-2-5-12-27)45-42(47)36(32)24-30/h2-25H,1H3. The van der Waals surface area contributed by atoms with Crippen LogP contribution in [0.2, 0.25) is 0 Å². The van der Waals surface area contributed by atoms with Crippen molar-refractivity contribution in [3.8, 4) is 34.0 Å². The van der Waals surface area contributed by atoms with Crippen molar-refractivity contribution in [1.29, 1.82) is 0 Å². The zero-order valence-corrected chi connectivity index (χ0v) is 26.0. The molecule has 0 aliphatic carbocycles. The third-order valence-corrected chi connectivity index (χ3v) is 9.24. The van der Waals surface area contributed by atoms with Gasteiger partial charge in [0.15, 0.2) is 0 Å². The van der Waals surface area contributed by atoms with Crippen LogP contribution in [0.1, 0.15) is 5.69 Å². The second-order valence-electron chi connectivity index (χ2n) is 12.2. The molecule has 0 bridgehead atoms. The number of hydrogen-bond acceptors (Lipinski definition) is 4. The van der Waals surface area contributed by atoms with E-state index in [1.54, 1.807) is 0 Å². The van der Waals surface area contributed by atoms with Crippen LogP contribution in [0.15, 0.2) is 146 Å². The van der Waals surface area contributed by atoms with Crippen LogP contribution in [-0.2, 0) is 0 Å². The fourth-order valence-electron chi connectivity index (χ4n) is 7.18. The average Bonchev–Trinajstić information content (AvgIpc) is 3.75. The zero-order chi connectivity index (χ0) is 31.8. The summed E-state index contributed by atoms with van der Waals surface area (Å²) in [6, 6.07) is 45.9. The summed E-state index contributed by atoms with van der Waals surface area (Å²) in [7, 11) is 0. The number of para-hydroxylation sites is 1. The highest BCUT2D eigenvalue weighted by Crippen LogP contribution is 2.40. The van der Waals surface area contributed by atoms with Gasteiger partial charge in [-0.2, -0.15) is 0 Å². The maximum atomic E-state index is 6.64. The number of benzene rings is 5. The van der Waals surface area contributed by atoms with Crippen molar-refractivity contribution in [1.82, 2.24) is 23.8 Å². The predicted molar refractivity (Wildman–Crippen MR) is 194 cm³/mol. The van der Waals surface area contributed by atoms with E-state index >= 15 is 0 Å². The number of nitrogens with zero attached hydrogens (tertiary/aromatic N) is 5. The smallest absolute Gasteiger partial charge is 0.147 e. The lowest BCUT2D eigenvalue weighted by Crippen LogP contribution is -1.96. The Morgan fingerprint density at radius 3 is 1.94 bits per heavy atom. The first-order valence-corrected chi connectivity index (χ1v) is 16.0. The second kappa shape index (κ2) is 10.2. The largest absolute Gasteiger partial charge is 0.457 e. The minimum Gasteiger partial charge on any atom is -0.457 e. The van der Waals surface area contributed by atoms with Gasteiger partial charge in [-0.15, -0.1) is 0 Å². The molecule has 5 aromatic carbocycles. The summed E-state index contributed by atoms with van der Waals surface area (Å²) in [5.41, 5.74) is 8.78. The van der Waals surface area contributed by atoms with Crippen molar-refractivity contribution in [2.45, 2.75) is 6.92 Å². The van der Waals surface area contributed by atoms with E-state index in [2.05, 4.69) is 118 Å². The van der Waals surface area contributed by atoms with Crippen molar-refractivity contribution in [2.75, 3.05) is 0 Å². The molecule has 0 aliphatic rings. The number of aryl methyl sites for hydroxylation is 1. The maximum Gasteiger partial charge on any atom is 0.147 e. The van der Waals surface area contributed by atoms with Crippen LogP contribution in [0.3, 0.4) is 0 Å². The van der Waals surface area contributed by atoms with Crippen LogP contribution in [0.4, 0.5) is 0 Å². The highest BCUT2D eigenvalue weighted by Gasteiger charge is 2.21. The minimum atomic E-state index is 0.730. The molecule has 0 unspecified atom stereocenters. The lowest BCUT2D eigenvalue weighted by Gasteiger charge is -2.13. The SMILES string of the molecule is Cc1cn2c3ccccc3c3ccc(Oc4ccc5c6cccnc6n6c(-c7ccccc7)c(-c7ccccc7)nc6c5c4)cc3c2n1. The van der Waals surface area contributed by atoms with Gasteiger partial charge in [-0.1, -0.05) is 78.9 Å². The van der Waals surface area contributed by atoms with Crippen molar-refractivity contribution >= 4 is 54.8 Å². The van der Waals surface area contributed by atoms with Gasteiger partial charge >= 0.3 is 0 Å². The van der Waals surface area contributed by atoms with Crippen LogP contribution in [0.5, 0.6) is 11.5 Å². The fraction of sp³-hybridized carbons (Fsp3) is 0.0238. The molecule has 0 fully saturated rings. The molecule has 10 rings (SSSR count). The minimum absolute atomic E-state index is 0.730. The Kier molecular flexibility index (Phi) is 5.69. The first-order valence-electron chi connectivity index (χ1n) is 16.0. The van der Waals surface area contributed by atoms with Crippen LogP contribution in [0, 0.1) is 6.92 Å². The first kappa shape index (κ1) is 26.7. The molecule has 0 saturated carbocycles. The molecular weight excluding hydrogens is 590 g/mol. The summed E-state index contributed by atoms with van der Waals surface area (Å²) in [6.07, 6.45) is 3.94. The van der Waals surface area contributed by atoms with Gasteiger partial charge in [-0.05, 0) is 72.3 Å². The number of rotatable bonds is 4. The first-order chi connectivity index (χ1) is 23.7. The third-order valence-electron chi connectivity index (χ3n) is 9.24. The normalized spacial score (nSPS) is 11.9. The van der Waals surface area contributed by atoms with Gasteiger partial charge < -0.3 is 4.74 Å². The Balaban J connectivity index is 1.20. The quantitative estimate of drug-likeness (QED) is 0.184. The number of pyridine rings is 3. The molecule has 0 aliphatic heterocycles. The highest BCUT2D eigenvalue weighted by atomic mass is 16.5. The van der Waals surface area contributed by atoms with Crippen molar-refractivity contribution in [3.63, 3.8) is 0 Å². The highest BCUT2D eigenvalue weighted by molar-refractivity contribution is 6.13. The molecule has 10 aromatic rings. The van der Waals surface area contributed by atoms with E-state index in [0.29, 0.717) is 0 Å². The monoisotopic (exact) mass is 617 g/mol. The Morgan fingerprint density at radius 1 is 0.521 bits per heavy atom. The number of aromatic nitrogens is 5. The molecule has 0 amide bonds. The lowest BCUT2D eigenvalue weighted by atomic mass is 10.0. The van der Waals surface area contributed by atoms with Crippen molar-refractivity contribution < 1.29 is 4.74 Å². The van der Waals surface area contributed by atoms with Crippen molar-refractivity contribution in [2.24, 2.45) is 0 Å². The molecule has 0 spiro atoms. The predicted octanol–water partition coefficient (Wildman–Crippen LogP) is 10.4. The molecule has 0 saturated heterocycles. The molecule has 48 heavy (non-hydrogen) atoms. The van der Waals surface area contributed by atoms with Crippen LogP contribution < -0.4 is 4.74 Å². The van der Waals surface area contributed by atoms with Crippen LogP contribution >= 0.6 is 0 Å². The molecule has 0 atom stereocenters. The van der Waals surface area contributed by atoms with E-state index in [9.17, 15) is 0 Å². The van der Waals surface area contributed by atoms with Gasteiger partial charge in [-0.3, -0.25) is 8.80 Å². The number of ether oxygens (including phenoxy) is 1. The van der Waals surface area contributed by atoms with E-state index in [1.807, 2.05) is 43.5 Å². The van der Waals surface area contributed by atoms with Gasteiger partial charge in [0.1, 0.15) is 28.4 Å². The topological polar surface area (TPSA) is 56.7 Å². The maximum absolute atomic E-state index is 6.64. The number of hydrogen-bond donors (Lipinski definition) is 0. The second-order valence-corrected chi connectivity index (χ2v) is 12.2. The number of imidazole rings is 2. The Bertz CT molecular complexity index is 2870. The van der Waals surface area contributed by atoms with E-state index in [0.717, 1.165) is 89.1 Å². The summed E-state index contributed by atoms with van der Waals surface area (Å²) in [6.45, 7) is 2.03. The van der Waals surface area contributed by atoms with E-state index < -0.39 is 0 Å². The third kappa shape index (κ3) is 3.96. The van der Waals surface area contributed by atoms with E-state index in [-0.39, 0.29) is 0 Å². The summed E-state index contributed by atoms with van der Waals surface area (Å²) in [5, 5.41) is 6.49. The summed E-state index contributed by atoms with van der Waals surface area (Å²) < 4.78 is 11.0. The average molecular weight is 618 g/mol. The molecular formula is C42H27N5O. The van der Waals surface area contributed by atoms with Crippen LogP contribution in [-0.4, -0.2) is 23.8 Å².